The third-order valence-corrected chi connectivity index (χ3v) is 10.4. The Bertz CT molecular complexity index is 2760. The maximum atomic E-state index is 2.45. The summed E-state index contributed by atoms with van der Waals surface area (Å²) in [6.45, 7) is 2.24. The van der Waals surface area contributed by atoms with Gasteiger partial charge in [0.15, 0.2) is 0 Å². The van der Waals surface area contributed by atoms with E-state index >= 15 is 0 Å². The second kappa shape index (κ2) is 11.8. The van der Waals surface area contributed by atoms with Crippen molar-refractivity contribution in [3.05, 3.63) is 194 Å². The van der Waals surface area contributed by atoms with Gasteiger partial charge in [-0.2, -0.15) is 0 Å². The molecule has 0 aliphatic carbocycles. The van der Waals surface area contributed by atoms with Crippen molar-refractivity contribution in [2.75, 3.05) is 0 Å². The molecule has 0 bridgehead atoms. The maximum Gasteiger partial charge on any atom is 0.0541 e. The molecule has 2 heterocycles. The second-order valence-corrected chi connectivity index (χ2v) is 13.5. The molecular formula is C49H34N2. The summed E-state index contributed by atoms with van der Waals surface area (Å²) in [7, 11) is 0. The molecule has 0 radical (unpaired) electrons. The topological polar surface area (TPSA) is 9.86 Å². The van der Waals surface area contributed by atoms with Gasteiger partial charge >= 0.3 is 0 Å². The molecule has 0 saturated carbocycles. The van der Waals surface area contributed by atoms with Crippen molar-refractivity contribution in [3.8, 4) is 44.8 Å². The minimum absolute atomic E-state index is 1.16. The van der Waals surface area contributed by atoms with Crippen molar-refractivity contribution in [1.29, 1.82) is 0 Å². The molecule has 2 nitrogen and oxygen atoms in total. The Kier molecular flexibility index (Phi) is 6.75. The van der Waals surface area contributed by atoms with Crippen LogP contribution in [0.25, 0.3) is 88.4 Å². The number of benzene rings is 8. The SMILES string of the molecule is Cc1cc(-c2cccc(-n3c4ccccc4c4ccccc43)c2)ccc1-n1c2ccc(-c3ccccc3)cc2c2cc(-c3ccccc3)ccc21. The Labute approximate surface area is 297 Å². The van der Waals surface area contributed by atoms with Gasteiger partial charge in [0, 0.05) is 32.9 Å². The van der Waals surface area contributed by atoms with E-state index in [4.69, 9.17) is 0 Å². The van der Waals surface area contributed by atoms with Crippen LogP contribution >= 0.6 is 0 Å². The van der Waals surface area contributed by atoms with E-state index in [2.05, 4.69) is 204 Å². The Morgan fingerprint density at radius 1 is 0.294 bits per heavy atom. The van der Waals surface area contributed by atoms with E-state index < -0.39 is 0 Å². The number of fused-ring (bicyclic) bond motifs is 6. The number of rotatable bonds is 5. The lowest BCUT2D eigenvalue weighted by Gasteiger charge is -2.14. The predicted octanol–water partition coefficient (Wildman–Crippen LogP) is 13.2. The first-order chi connectivity index (χ1) is 25.2. The lowest BCUT2D eigenvalue weighted by molar-refractivity contribution is 1.15. The van der Waals surface area contributed by atoms with Gasteiger partial charge < -0.3 is 9.13 Å². The Hall–Kier alpha value is -6.64. The molecule has 0 unspecified atom stereocenters. The van der Waals surface area contributed by atoms with Gasteiger partial charge in [0.2, 0.25) is 0 Å². The quantitative estimate of drug-likeness (QED) is 0.175. The molecule has 2 aromatic heterocycles. The summed E-state index contributed by atoms with van der Waals surface area (Å²) in [4.78, 5) is 0. The molecular weight excluding hydrogens is 617 g/mol. The lowest BCUT2D eigenvalue weighted by Crippen LogP contribution is -1.98. The molecule has 0 spiro atoms. The molecule has 2 heteroatoms. The van der Waals surface area contributed by atoms with E-state index in [0.29, 0.717) is 0 Å². The molecule has 8 aromatic carbocycles. The fraction of sp³-hybridized carbons (Fsp3) is 0.0204. The number of hydrogen-bond acceptors (Lipinski definition) is 0. The van der Waals surface area contributed by atoms with Crippen LogP contribution in [-0.2, 0) is 0 Å². The molecule has 0 aliphatic heterocycles. The maximum absolute atomic E-state index is 2.45. The Morgan fingerprint density at radius 3 is 1.31 bits per heavy atom. The summed E-state index contributed by atoms with van der Waals surface area (Å²) in [5.74, 6) is 0. The van der Waals surface area contributed by atoms with Crippen LogP contribution in [0.4, 0.5) is 0 Å². The average molecular weight is 651 g/mol. The summed E-state index contributed by atoms with van der Waals surface area (Å²) in [6, 6.07) is 68.4. The third kappa shape index (κ3) is 4.80. The van der Waals surface area contributed by atoms with E-state index in [0.717, 1.165) is 5.69 Å². The van der Waals surface area contributed by atoms with Crippen LogP contribution in [-0.4, -0.2) is 9.13 Å². The highest BCUT2D eigenvalue weighted by Gasteiger charge is 2.17. The predicted molar refractivity (Wildman–Crippen MR) is 216 cm³/mol. The van der Waals surface area contributed by atoms with Crippen LogP contribution in [0.1, 0.15) is 5.56 Å². The number of nitrogens with zero attached hydrogens (tertiary/aromatic N) is 2. The molecule has 0 N–H and O–H groups in total. The van der Waals surface area contributed by atoms with E-state index in [1.54, 1.807) is 0 Å². The first-order valence-electron chi connectivity index (χ1n) is 17.6. The fourth-order valence-electron chi connectivity index (χ4n) is 8.01. The zero-order valence-corrected chi connectivity index (χ0v) is 28.3. The van der Waals surface area contributed by atoms with Crippen LogP contribution < -0.4 is 0 Å². The zero-order valence-electron chi connectivity index (χ0n) is 28.3. The van der Waals surface area contributed by atoms with Crippen molar-refractivity contribution in [2.24, 2.45) is 0 Å². The number of para-hydroxylation sites is 2. The minimum Gasteiger partial charge on any atom is -0.309 e. The minimum atomic E-state index is 1.16. The summed E-state index contributed by atoms with van der Waals surface area (Å²) in [5.41, 5.74) is 15.7. The number of aryl methyl sites for hydroxylation is 1. The van der Waals surface area contributed by atoms with Crippen molar-refractivity contribution >= 4 is 43.6 Å². The summed E-state index contributed by atoms with van der Waals surface area (Å²) in [5, 5.41) is 5.06. The summed E-state index contributed by atoms with van der Waals surface area (Å²) < 4.78 is 4.84. The lowest BCUT2D eigenvalue weighted by atomic mass is 10.0. The third-order valence-electron chi connectivity index (χ3n) is 10.4. The highest BCUT2D eigenvalue weighted by Crippen LogP contribution is 2.39. The van der Waals surface area contributed by atoms with Gasteiger partial charge in [-0.15, -0.1) is 0 Å². The first-order valence-corrected chi connectivity index (χ1v) is 17.6. The molecule has 51 heavy (non-hydrogen) atoms. The van der Waals surface area contributed by atoms with Crippen LogP contribution in [0.2, 0.25) is 0 Å². The smallest absolute Gasteiger partial charge is 0.0541 e. The van der Waals surface area contributed by atoms with Gasteiger partial charge in [-0.1, -0.05) is 127 Å². The van der Waals surface area contributed by atoms with Crippen LogP contribution in [0.3, 0.4) is 0 Å². The molecule has 0 amide bonds. The fourth-order valence-corrected chi connectivity index (χ4v) is 8.01. The van der Waals surface area contributed by atoms with Crippen LogP contribution in [0.5, 0.6) is 0 Å². The molecule has 0 saturated heterocycles. The van der Waals surface area contributed by atoms with Gasteiger partial charge in [-0.3, -0.25) is 0 Å². The van der Waals surface area contributed by atoms with Crippen molar-refractivity contribution in [1.82, 2.24) is 9.13 Å². The molecule has 10 aromatic rings. The standard InChI is InChI=1S/C49H34N2/c1-33-29-37(36-17-12-18-40(30-36)50-46-21-10-8-19-41(46)42-20-9-11-22-47(42)50)23-26-45(33)51-48-27-24-38(34-13-4-2-5-14-34)31-43(48)44-32-39(25-28-49(44)51)35-15-6-3-7-16-35/h2-32H,1H3. The monoisotopic (exact) mass is 650 g/mol. The van der Waals surface area contributed by atoms with E-state index in [-0.39, 0.29) is 0 Å². The van der Waals surface area contributed by atoms with Gasteiger partial charge in [0.05, 0.1) is 22.1 Å². The molecule has 0 atom stereocenters. The van der Waals surface area contributed by atoms with Gasteiger partial charge in [-0.25, -0.2) is 0 Å². The molecule has 0 aliphatic rings. The van der Waals surface area contributed by atoms with Crippen molar-refractivity contribution < 1.29 is 0 Å². The first kappa shape index (κ1) is 29.3. The van der Waals surface area contributed by atoms with E-state index in [1.807, 2.05) is 0 Å². The van der Waals surface area contributed by atoms with E-state index in [9.17, 15) is 0 Å². The second-order valence-electron chi connectivity index (χ2n) is 13.5. The molecule has 10 rings (SSSR count). The largest absolute Gasteiger partial charge is 0.309 e. The highest BCUT2D eigenvalue weighted by molar-refractivity contribution is 6.12. The average Bonchev–Trinajstić information content (AvgIpc) is 3.71. The van der Waals surface area contributed by atoms with Crippen LogP contribution in [0, 0.1) is 6.92 Å². The summed E-state index contributed by atoms with van der Waals surface area (Å²) in [6.07, 6.45) is 0. The van der Waals surface area contributed by atoms with Gasteiger partial charge in [0.1, 0.15) is 0 Å². The molecule has 240 valence electrons. The van der Waals surface area contributed by atoms with Gasteiger partial charge in [0.25, 0.3) is 0 Å². The van der Waals surface area contributed by atoms with Crippen molar-refractivity contribution in [3.63, 3.8) is 0 Å². The zero-order chi connectivity index (χ0) is 33.9. The number of aromatic nitrogens is 2. The highest BCUT2D eigenvalue weighted by atomic mass is 15.0. The number of hydrogen-bond donors (Lipinski definition) is 0. The normalized spacial score (nSPS) is 11.6. The van der Waals surface area contributed by atoms with E-state index in [1.165, 1.54) is 88.2 Å². The molecule has 0 fully saturated rings. The Morgan fingerprint density at radius 2 is 0.745 bits per heavy atom. The van der Waals surface area contributed by atoms with Crippen molar-refractivity contribution in [2.45, 2.75) is 6.92 Å². The van der Waals surface area contributed by atoms with Crippen LogP contribution in [0.15, 0.2) is 188 Å². The summed E-state index contributed by atoms with van der Waals surface area (Å²) >= 11 is 0. The Balaban J connectivity index is 1.12. The van der Waals surface area contributed by atoms with Gasteiger partial charge in [-0.05, 0) is 107 Å².